The molecule has 0 radical (unpaired) electrons. The van der Waals surface area contributed by atoms with Gasteiger partial charge < -0.3 is 25.0 Å². The molecule has 0 saturated carbocycles. The average Bonchev–Trinajstić information content (AvgIpc) is 2.89. The maximum absolute atomic E-state index is 15.0. The van der Waals surface area contributed by atoms with Crippen LogP contribution in [0.3, 0.4) is 0 Å². The van der Waals surface area contributed by atoms with E-state index in [9.17, 15) is 9.90 Å². The largest absolute Gasteiger partial charge is 0.389 e. The molecule has 0 bridgehead atoms. The number of benzene rings is 1. The van der Waals surface area contributed by atoms with Crippen LogP contribution in [0.1, 0.15) is 44.5 Å². The van der Waals surface area contributed by atoms with Crippen molar-refractivity contribution in [3.63, 3.8) is 0 Å². The Morgan fingerprint density at radius 1 is 1.34 bits per heavy atom. The van der Waals surface area contributed by atoms with Crippen LogP contribution < -0.4 is 16.1 Å². The lowest BCUT2D eigenvalue weighted by Gasteiger charge is -2.34. The number of piperazine rings is 1. The van der Waals surface area contributed by atoms with Crippen LogP contribution in [0.4, 0.5) is 10.3 Å². The minimum absolute atomic E-state index is 0.000605. The summed E-state index contributed by atoms with van der Waals surface area (Å²) in [5.74, 6) is -0.311. The zero-order valence-corrected chi connectivity index (χ0v) is 22.5. The van der Waals surface area contributed by atoms with E-state index in [2.05, 4.69) is 50.8 Å². The van der Waals surface area contributed by atoms with Crippen molar-refractivity contribution in [1.82, 2.24) is 24.8 Å². The summed E-state index contributed by atoms with van der Waals surface area (Å²) in [6.45, 7) is 12.5. The summed E-state index contributed by atoms with van der Waals surface area (Å²) in [7, 11) is 0. The van der Waals surface area contributed by atoms with E-state index in [-0.39, 0.29) is 35.8 Å². The fourth-order valence-corrected chi connectivity index (χ4v) is 5.58. The maximum atomic E-state index is 15.0. The molecule has 2 aliphatic heterocycles. The molecule has 0 spiro atoms. The molecule has 38 heavy (non-hydrogen) atoms. The Morgan fingerprint density at radius 3 is 2.89 bits per heavy atom. The summed E-state index contributed by atoms with van der Waals surface area (Å²) in [5.41, 5.74) is 3.21. The van der Waals surface area contributed by atoms with Crippen molar-refractivity contribution in [2.24, 2.45) is 0 Å². The zero-order chi connectivity index (χ0) is 27.0. The zero-order valence-electron chi connectivity index (χ0n) is 22.5. The number of nitrogens with zero attached hydrogens (tertiary/aromatic N) is 4. The topological polar surface area (TPSA) is 105 Å². The first kappa shape index (κ1) is 26.7. The van der Waals surface area contributed by atoms with Crippen LogP contribution in [0.25, 0.3) is 22.2 Å². The van der Waals surface area contributed by atoms with Crippen molar-refractivity contribution in [2.45, 2.75) is 64.9 Å². The normalized spacial score (nSPS) is 22.8. The number of aliphatic hydroxyl groups excluding tert-OH is 1. The lowest BCUT2D eigenvalue weighted by molar-refractivity contribution is -0.0136. The first-order valence-corrected chi connectivity index (χ1v) is 13.4. The molecule has 3 atom stereocenters. The second-order valence-corrected chi connectivity index (χ2v) is 10.8. The molecule has 2 aromatic heterocycles. The molecule has 5 rings (SSSR count). The number of anilines is 1. The minimum Gasteiger partial charge on any atom is -0.389 e. The van der Waals surface area contributed by atoms with Gasteiger partial charge in [0.2, 0.25) is 5.95 Å². The highest BCUT2D eigenvalue weighted by atomic mass is 19.1. The molecule has 2 aliphatic rings. The Balaban J connectivity index is 1.57. The van der Waals surface area contributed by atoms with Gasteiger partial charge in [0.15, 0.2) is 11.2 Å². The molecule has 2 saturated heterocycles. The molecule has 0 amide bonds. The third-order valence-corrected chi connectivity index (χ3v) is 7.57. The molecule has 1 aromatic carbocycles. The Bertz CT molecular complexity index is 1380. The van der Waals surface area contributed by atoms with Crippen molar-refractivity contribution in [3.05, 3.63) is 51.7 Å². The van der Waals surface area contributed by atoms with Gasteiger partial charge in [-0.2, -0.15) is 0 Å². The number of halogens is 1. The highest BCUT2D eigenvalue weighted by molar-refractivity contribution is 5.85. The summed E-state index contributed by atoms with van der Waals surface area (Å²) >= 11 is 0. The third-order valence-electron chi connectivity index (χ3n) is 7.57. The van der Waals surface area contributed by atoms with E-state index < -0.39 is 11.9 Å². The molecule has 204 valence electrons. The Morgan fingerprint density at radius 2 is 2.16 bits per heavy atom. The predicted octanol–water partition coefficient (Wildman–Crippen LogP) is 2.84. The fourth-order valence-electron chi connectivity index (χ4n) is 5.58. The summed E-state index contributed by atoms with van der Waals surface area (Å²) in [6, 6.07) is 5.57. The van der Waals surface area contributed by atoms with Crippen molar-refractivity contribution < 1.29 is 14.2 Å². The van der Waals surface area contributed by atoms with Gasteiger partial charge in [-0.05, 0) is 46.2 Å². The summed E-state index contributed by atoms with van der Waals surface area (Å²) in [5, 5.41) is 17.4. The van der Waals surface area contributed by atoms with E-state index in [0.717, 1.165) is 42.6 Å². The van der Waals surface area contributed by atoms with Crippen molar-refractivity contribution in [3.8, 4) is 11.3 Å². The number of nitrogens with one attached hydrogen (secondary N) is 2. The van der Waals surface area contributed by atoms with Crippen LogP contribution in [-0.2, 0) is 11.3 Å². The van der Waals surface area contributed by atoms with Gasteiger partial charge in [-0.15, -0.1) is 0 Å². The summed E-state index contributed by atoms with van der Waals surface area (Å²) in [6.07, 6.45) is 1.05. The van der Waals surface area contributed by atoms with Gasteiger partial charge >= 0.3 is 0 Å². The number of aromatic nitrogens is 3. The third kappa shape index (κ3) is 5.31. The number of rotatable bonds is 6. The molecule has 0 aliphatic carbocycles. The van der Waals surface area contributed by atoms with E-state index in [1.807, 2.05) is 13.0 Å². The summed E-state index contributed by atoms with van der Waals surface area (Å²) < 4.78 is 22.5. The number of hydrogen-bond donors (Lipinski definition) is 3. The first-order valence-electron chi connectivity index (χ1n) is 13.4. The van der Waals surface area contributed by atoms with E-state index in [0.29, 0.717) is 36.6 Å². The number of pyridine rings is 1. The van der Waals surface area contributed by atoms with Crippen LogP contribution in [0.2, 0.25) is 0 Å². The second kappa shape index (κ2) is 11.1. The lowest BCUT2D eigenvalue weighted by Crippen LogP contribution is -2.49. The SMILES string of the molecule is Cc1c(CN2CCN[C@@H](C)C2)n(C(C)C)c2cc(-c3nc(N[C@@H]4CCOC[C@H]4O)ncc3F)ccc2c1=O. The van der Waals surface area contributed by atoms with Crippen LogP contribution in [0.15, 0.2) is 29.2 Å². The van der Waals surface area contributed by atoms with Crippen LogP contribution >= 0.6 is 0 Å². The van der Waals surface area contributed by atoms with Gasteiger partial charge in [0.1, 0.15) is 5.69 Å². The Hall–Kier alpha value is -2.92. The molecule has 4 heterocycles. The van der Waals surface area contributed by atoms with E-state index in [1.54, 1.807) is 12.1 Å². The van der Waals surface area contributed by atoms with Gasteiger partial charge in [-0.25, -0.2) is 14.4 Å². The number of ether oxygens (including phenoxy) is 1. The monoisotopic (exact) mass is 524 g/mol. The predicted molar refractivity (Wildman–Crippen MR) is 146 cm³/mol. The molecule has 3 aromatic rings. The molecule has 9 nitrogen and oxygen atoms in total. The van der Waals surface area contributed by atoms with Crippen LogP contribution in [0, 0.1) is 12.7 Å². The van der Waals surface area contributed by atoms with Gasteiger partial charge in [-0.1, -0.05) is 6.07 Å². The first-order chi connectivity index (χ1) is 18.2. The fraction of sp³-hybridized carbons (Fsp3) is 0.536. The smallest absolute Gasteiger partial charge is 0.223 e. The lowest BCUT2D eigenvalue weighted by atomic mass is 10.0. The molecular formula is C28H37FN6O3. The number of hydrogen-bond acceptors (Lipinski definition) is 8. The second-order valence-electron chi connectivity index (χ2n) is 10.8. The van der Waals surface area contributed by atoms with Gasteiger partial charge in [-0.3, -0.25) is 9.69 Å². The quantitative estimate of drug-likeness (QED) is 0.452. The molecule has 3 N–H and O–H groups in total. The Labute approximate surface area is 222 Å². The van der Waals surface area contributed by atoms with Crippen molar-refractivity contribution in [1.29, 1.82) is 0 Å². The maximum Gasteiger partial charge on any atom is 0.223 e. The van der Waals surface area contributed by atoms with Crippen LogP contribution in [0.5, 0.6) is 0 Å². The number of fused-ring (bicyclic) bond motifs is 1. The van der Waals surface area contributed by atoms with Gasteiger partial charge in [0.05, 0.1) is 30.5 Å². The van der Waals surface area contributed by atoms with E-state index in [1.165, 1.54) is 0 Å². The highest BCUT2D eigenvalue weighted by Crippen LogP contribution is 2.29. The molecular weight excluding hydrogens is 487 g/mol. The molecule has 0 unspecified atom stereocenters. The minimum atomic E-state index is -0.692. The number of aliphatic hydroxyl groups is 1. The van der Waals surface area contributed by atoms with Gasteiger partial charge in [0, 0.05) is 67.1 Å². The van der Waals surface area contributed by atoms with Gasteiger partial charge in [0.25, 0.3) is 0 Å². The average molecular weight is 525 g/mol. The molecule has 10 heteroatoms. The summed E-state index contributed by atoms with van der Waals surface area (Å²) in [4.78, 5) is 24.4. The Kier molecular flexibility index (Phi) is 7.76. The van der Waals surface area contributed by atoms with E-state index in [4.69, 9.17) is 4.74 Å². The van der Waals surface area contributed by atoms with E-state index >= 15 is 4.39 Å². The van der Waals surface area contributed by atoms with Crippen LogP contribution in [-0.4, -0.2) is 75.6 Å². The van der Waals surface area contributed by atoms with Crippen molar-refractivity contribution in [2.75, 3.05) is 38.2 Å². The van der Waals surface area contributed by atoms with Crippen molar-refractivity contribution >= 4 is 16.9 Å². The highest BCUT2D eigenvalue weighted by Gasteiger charge is 2.25. The molecule has 2 fully saturated rings. The standard InChI is InChI=1S/C28H37FN6O3/c1-16(2)35-23-11-19(26-21(29)12-31-28(33-26)32-22-7-10-38-15-25(22)36)5-6-20(23)27(37)18(4)24(35)14-34-9-8-30-17(3)13-34/h5-6,11-12,16-17,22,25,30,36H,7-10,13-15H2,1-4H3,(H,31,32,33)/t17-,22+,25+/m0/s1.